The van der Waals surface area contributed by atoms with Gasteiger partial charge in [0.25, 0.3) is 0 Å². The van der Waals surface area contributed by atoms with E-state index >= 15 is 0 Å². The molecule has 0 amide bonds. The lowest BCUT2D eigenvalue weighted by Crippen LogP contribution is -2.23. The van der Waals surface area contributed by atoms with Crippen LogP contribution in [0.5, 0.6) is 11.5 Å². The van der Waals surface area contributed by atoms with Gasteiger partial charge in [-0.05, 0) is 30.7 Å². The first kappa shape index (κ1) is 15.4. The highest BCUT2D eigenvalue weighted by molar-refractivity contribution is 5.45. The SMILES string of the molecule is CCCNC(c1ccc(OC)c(OC)c1)c1cnn(C)c1. The minimum atomic E-state index is 0.0958. The number of nitrogens with one attached hydrogen (secondary N) is 1. The van der Waals surface area contributed by atoms with Crippen LogP contribution in [0.1, 0.15) is 30.5 Å². The van der Waals surface area contributed by atoms with Gasteiger partial charge in [0.05, 0.1) is 26.5 Å². The van der Waals surface area contributed by atoms with Gasteiger partial charge in [0.15, 0.2) is 11.5 Å². The van der Waals surface area contributed by atoms with E-state index in [1.165, 1.54) is 0 Å². The topological polar surface area (TPSA) is 48.3 Å². The van der Waals surface area contributed by atoms with Gasteiger partial charge in [-0.1, -0.05) is 13.0 Å². The Morgan fingerprint density at radius 3 is 2.52 bits per heavy atom. The van der Waals surface area contributed by atoms with Gasteiger partial charge in [0.2, 0.25) is 0 Å². The third-order valence-corrected chi connectivity index (χ3v) is 3.40. The van der Waals surface area contributed by atoms with Gasteiger partial charge in [0, 0.05) is 18.8 Å². The number of hydrogen-bond acceptors (Lipinski definition) is 4. The van der Waals surface area contributed by atoms with Gasteiger partial charge in [-0.2, -0.15) is 5.10 Å². The zero-order valence-electron chi connectivity index (χ0n) is 13.1. The molecule has 5 heteroatoms. The monoisotopic (exact) mass is 289 g/mol. The van der Waals surface area contributed by atoms with Crippen LogP contribution in [0, 0.1) is 0 Å². The summed E-state index contributed by atoms with van der Waals surface area (Å²) in [4.78, 5) is 0. The molecule has 5 nitrogen and oxygen atoms in total. The van der Waals surface area contributed by atoms with Crippen LogP contribution in [-0.4, -0.2) is 30.5 Å². The fourth-order valence-corrected chi connectivity index (χ4v) is 2.34. The molecule has 2 aromatic rings. The predicted octanol–water partition coefficient (Wildman–Crippen LogP) is 2.53. The molecule has 0 fully saturated rings. The fraction of sp³-hybridized carbons (Fsp3) is 0.438. The summed E-state index contributed by atoms with van der Waals surface area (Å²) in [6.45, 7) is 3.09. The molecule has 2 rings (SSSR count). The van der Waals surface area contributed by atoms with Gasteiger partial charge >= 0.3 is 0 Å². The van der Waals surface area contributed by atoms with E-state index in [1.54, 1.807) is 14.2 Å². The van der Waals surface area contributed by atoms with Gasteiger partial charge < -0.3 is 14.8 Å². The smallest absolute Gasteiger partial charge is 0.161 e. The Hall–Kier alpha value is -2.01. The van der Waals surface area contributed by atoms with Crippen molar-refractivity contribution >= 4 is 0 Å². The number of ether oxygens (including phenoxy) is 2. The van der Waals surface area contributed by atoms with Gasteiger partial charge in [-0.25, -0.2) is 0 Å². The second-order valence-electron chi connectivity index (χ2n) is 4.95. The third-order valence-electron chi connectivity index (χ3n) is 3.40. The average molecular weight is 289 g/mol. The standard InChI is InChI=1S/C16H23N3O2/c1-5-8-17-16(13-10-18-19(2)11-13)12-6-7-14(20-3)15(9-12)21-4/h6-7,9-11,16-17H,5,8H2,1-4H3. The zero-order chi connectivity index (χ0) is 15.2. The number of hydrogen-bond donors (Lipinski definition) is 1. The molecule has 0 aliphatic carbocycles. The van der Waals surface area contributed by atoms with Crippen LogP contribution in [0.2, 0.25) is 0 Å². The predicted molar refractivity (Wildman–Crippen MR) is 82.9 cm³/mol. The summed E-state index contributed by atoms with van der Waals surface area (Å²) < 4.78 is 12.5. The second-order valence-corrected chi connectivity index (χ2v) is 4.95. The molecule has 1 aromatic heterocycles. The first-order valence-corrected chi connectivity index (χ1v) is 7.13. The quantitative estimate of drug-likeness (QED) is 0.851. The van der Waals surface area contributed by atoms with Crippen LogP contribution >= 0.6 is 0 Å². The Bertz CT molecular complexity index is 581. The number of rotatable bonds is 7. The van der Waals surface area contributed by atoms with E-state index in [-0.39, 0.29) is 6.04 Å². The molecular formula is C16H23N3O2. The molecule has 0 saturated heterocycles. The molecule has 0 radical (unpaired) electrons. The van der Waals surface area contributed by atoms with E-state index in [0.717, 1.165) is 35.6 Å². The van der Waals surface area contributed by atoms with Crippen LogP contribution < -0.4 is 14.8 Å². The Balaban J connectivity index is 2.36. The molecule has 0 aliphatic rings. The average Bonchev–Trinajstić information content (AvgIpc) is 2.93. The summed E-state index contributed by atoms with van der Waals surface area (Å²) in [5.41, 5.74) is 2.27. The minimum Gasteiger partial charge on any atom is -0.493 e. The van der Waals surface area contributed by atoms with Gasteiger partial charge in [0.1, 0.15) is 0 Å². The highest BCUT2D eigenvalue weighted by Gasteiger charge is 2.17. The number of benzene rings is 1. The van der Waals surface area contributed by atoms with E-state index in [2.05, 4.69) is 23.4 Å². The largest absolute Gasteiger partial charge is 0.493 e. The molecule has 21 heavy (non-hydrogen) atoms. The maximum absolute atomic E-state index is 5.40. The first-order valence-electron chi connectivity index (χ1n) is 7.13. The molecule has 0 aliphatic heterocycles. The maximum atomic E-state index is 5.40. The zero-order valence-corrected chi connectivity index (χ0v) is 13.1. The third kappa shape index (κ3) is 3.55. The Morgan fingerprint density at radius 2 is 1.95 bits per heavy atom. The van der Waals surface area contributed by atoms with Crippen LogP contribution in [0.4, 0.5) is 0 Å². The Labute approximate surface area is 125 Å². The molecule has 114 valence electrons. The normalized spacial score (nSPS) is 12.2. The van der Waals surface area contributed by atoms with Crippen molar-refractivity contribution in [2.45, 2.75) is 19.4 Å². The number of aromatic nitrogens is 2. The summed E-state index contributed by atoms with van der Waals surface area (Å²) in [5.74, 6) is 1.48. The molecule has 0 spiro atoms. The summed E-state index contributed by atoms with van der Waals surface area (Å²) in [7, 11) is 5.22. The van der Waals surface area contributed by atoms with Crippen molar-refractivity contribution in [2.75, 3.05) is 20.8 Å². The number of methoxy groups -OCH3 is 2. The second kappa shape index (κ2) is 7.13. The van der Waals surface area contributed by atoms with E-state index < -0.39 is 0 Å². The van der Waals surface area contributed by atoms with Crippen molar-refractivity contribution in [2.24, 2.45) is 7.05 Å². The summed E-state index contributed by atoms with van der Waals surface area (Å²) in [6, 6.07) is 6.10. The molecule has 1 N–H and O–H groups in total. The number of aryl methyl sites for hydroxylation is 1. The highest BCUT2D eigenvalue weighted by Crippen LogP contribution is 2.32. The highest BCUT2D eigenvalue weighted by atomic mass is 16.5. The minimum absolute atomic E-state index is 0.0958. The molecule has 0 bridgehead atoms. The molecule has 1 unspecified atom stereocenters. The number of nitrogens with zero attached hydrogens (tertiary/aromatic N) is 2. The van der Waals surface area contributed by atoms with Gasteiger partial charge in [-0.3, -0.25) is 4.68 Å². The first-order chi connectivity index (χ1) is 10.2. The van der Waals surface area contributed by atoms with Crippen LogP contribution in [0.25, 0.3) is 0 Å². The summed E-state index contributed by atoms with van der Waals surface area (Å²) >= 11 is 0. The van der Waals surface area contributed by atoms with Crippen molar-refractivity contribution in [3.05, 3.63) is 41.7 Å². The van der Waals surface area contributed by atoms with Crippen molar-refractivity contribution in [3.8, 4) is 11.5 Å². The fourth-order valence-electron chi connectivity index (χ4n) is 2.34. The molecule has 1 heterocycles. The lowest BCUT2D eigenvalue weighted by Gasteiger charge is -2.19. The lowest BCUT2D eigenvalue weighted by atomic mass is 10.0. The Morgan fingerprint density at radius 1 is 1.19 bits per heavy atom. The lowest BCUT2D eigenvalue weighted by molar-refractivity contribution is 0.354. The summed E-state index contributed by atoms with van der Waals surface area (Å²) in [6.07, 6.45) is 5.00. The van der Waals surface area contributed by atoms with Crippen LogP contribution in [0.15, 0.2) is 30.6 Å². The van der Waals surface area contributed by atoms with E-state index in [9.17, 15) is 0 Å². The summed E-state index contributed by atoms with van der Waals surface area (Å²) in [5, 5.41) is 7.82. The van der Waals surface area contributed by atoms with Crippen molar-refractivity contribution < 1.29 is 9.47 Å². The molecule has 1 aromatic carbocycles. The molecular weight excluding hydrogens is 266 g/mol. The van der Waals surface area contributed by atoms with E-state index in [0.29, 0.717) is 0 Å². The maximum Gasteiger partial charge on any atom is 0.161 e. The molecule has 0 saturated carbocycles. The molecule has 1 atom stereocenters. The van der Waals surface area contributed by atoms with E-state index in [4.69, 9.17) is 9.47 Å². The van der Waals surface area contributed by atoms with Crippen molar-refractivity contribution in [3.63, 3.8) is 0 Å². The van der Waals surface area contributed by atoms with E-state index in [1.807, 2.05) is 36.3 Å². The van der Waals surface area contributed by atoms with Crippen LogP contribution in [-0.2, 0) is 7.05 Å². The van der Waals surface area contributed by atoms with Gasteiger partial charge in [-0.15, -0.1) is 0 Å². The van der Waals surface area contributed by atoms with Crippen LogP contribution in [0.3, 0.4) is 0 Å². The van der Waals surface area contributed by atoms with Crippen molar-refractivity contribution in [1.29, 1.82) is 0 Å². The Kier molecular flexibility index (Phi) is 5.22. The van der Waals surface area contributed by atoms with Crippen molar-refractivity contribution in [1.82, 2.24) is 15.1 Å².